The molecule has 1 aromatic heterocycles. The number of hydrogen-bond acceptors (Lipinski definition) is 3. The van der Waals surface area contributed by atoms with E-state index in [1.54, 1.807) is 24.0 Å². The highest BCUT2D eigenvalue weighted by Crippen LogP contribution is 2.28. The van der Waals surface area contributed by atoms with Crippen molar-refractivity contribution in [1.29, 1.82) is 0 Å². The molecule has 1 N–H and O–H groups in total. The summed E-state index contributed by atoms with van der Waals surface area (Å²) in [5.41, 5.74) is 1.60. The predicted molar refractivity (Wildman–Crippen MR) is 86.5 cm³/mol. The van der Waals surface area contributed by atoms with Crippen LogP contribution in [0.3, 0.4) is 0 Å². The fourth-order valence-electron chi connectivity index (χ4n) is 1.63. The highest BCUT2D eigenvalue weighted by molar-refractivity contribution is 9.10. The average Bonchev–Trinajstić information content (AvgIpc) is 2.48. The molecular formula is C16H13BrFNOS. The number of nitrogens with zero attached hydrogens (tertiary/aromatic N) is 1. The van der Waals surface area contributed by atoms with Gasteiger partial charge in [0.25, 0.3) is 0 Å². The Morgan fingerprint density at radius 3 is 2.95 bits per heavy atom. The summed E-state index contributed by atoms with van der Waals surface area (Å²) in [6.45, 7) is 0.00722. The van der Waals surface area contributed by atoms with Crippen molar-refractivity contribution in [2.45, 2.75) is 17.2 Å². The van der Waals surface area contributed by atoms with E-state index in [1.165, 1.54) is 12.1 Å². The van der Waals surface area contributed by atoms with Crippen LogP contribution in [-0.2, 0) is 5.75 Å². The number of pyridine rings is 1. The van der Waals surface area contributed by atoms with Crippen LogP contribution in [0.1, 0.15) is 17.5 Å². The van der Waals surface area contributed by atoms with Gasteiger partial charge >= 0.3 is 0 Å². The molecule has 0 atom stereocenters. The van der Waals surface area contributed by atoms with Crippen molar-refractivity contribution >= 4 is 27.7 Å². The summed E-state index contributed by atoms with van der Waals surface area (Å²) < 4.78 is 14.3. The molecule has 1 heterocycles. The number of hydrogen-bond donors (Lipinski definition) is 1. The number of rotatable bonds is 4. The molecule has 2 rings (SSSR count). The van der Waals surface area contributed by atoms with Crippen LogP contribution < -0.4 is 0 Å². The van der Waals surface area contributed by atoms with Crippen LogP contribution in [0.5, 0.6) is 0 Å². The van der Waals surface area contributed by atoms with Crippen molar-refractivity contribution in [3.63, 3.8) is 0 Å². The number of thioether (sulfide) groups is 1. The molecule has 0 aliphatic heterocycles. The van der Waals surface area contributed by atoms with E-state index >= 15 is 0 Å². The van der Waals surface area contributed by atoms with Crippen LogP contribution in [0.15, 0.2) is 46.0 Å². The Morgan fingerprint density at radius 1 is 1.33 bits per heavy atom. The summed E-state index contributed by atoms with van der Waals surface area (Å²) in [7, 11) is 0. The minimum absolute atomic E-state index is 0.00722. The average molecular weight is 366 g/mol. The third kappa shape index (κ3) is 4.85. The fraction of sp³-hybridized carbons (Fsp3) is 0.188. The third-order valence-corrected chi connectivity index (χ3v) is 4.58. The van der Waals surface area contributed by atoms with E-state index in [0.29, 0.717) is 17.7 Å². The van der Waals surface area contributed by atoms with Gasteiger partial charge in [0.2, 0.25) is 0 Å². The van der Waals surface area contributed by atoms with E-state index in [-0.39, 0.29) is 12.4 Å². The van der Waals surface area contributed by atoms with Crippen LogP contribution in [0, 0.1) is 17.7 Å². The van der Waals surface area contributed by atoms with Gasteiger partial charge in [0, 0.05) is 28.4 Å². The quantitative estimate of drug-likeness (QED) is 0.656. The van der Waals surface area contributed by atoms with Gasteiger partial charge in [-0.05, 0) is 45.8 Å². The maximum atomic E-state index is 13.3. The lowest BCUT2D eigenvalue weighted by Gasteiger charge is -2.06. The van der Waals surface area contributed by atoms with Crippen LogP contribution in [0.4, 0.5) is 4.39 Å². The molecule has 2 aromatic rings. The van der Waals surface area contributed by atoms with Crippen molar-refractivity contribution in [3.8, 4) is 11.8 Å². The zero-order chi connectivity index (χ0) is 15.1. The van der Waals surface area contributed by atoms with Crippen molar-refractivity contribution in [2.24, 2.45) is 0 Å². The standard InChI is InChI=1S/C16H13BrFNOS/c17-15-5-3-8-19-16(15)21-11-13-6-7-14(18)10-12(13)4-1-2-9-20/h3,5-8,10,20H,2,9,11H2. The molecule has 0 saturated heterocycles. The van der Waals surface area contributed by atoms with Crippen LogP contribution >= 0.6 is 27.7 Å². The first kappa shape index (κ1) is 16.0. The van der Waals surface area contributed by atoms with Gasteiger partial charge in [0.15, 0.2) is 0 Å². The minimum Gasteiger partial charge on any atom is -0.395 e. The normalized spacial score (nSPS) is 10.0. The summed E-state index contributed by atoms with van der Waals surface area (Å²) in [5, 5.41) is 9.64. The van der Waals surface area contributed by atoms with Gasteiger partial charge in [0.1, 0.15) is 10.8 Å². The second-order valence-corrected chi connectivity index (χ2v) is 5.97. The Morgan fingerprint density at radius 2 is 2.19 bits per heavy atom. The zero-order valence-corrected chi connectivity index (χ0v) is 13.5. The Balaban J connectivity index is 2.16. The van der Waals surface area contributed by atoms with Crippen molar-refractivity contribution in [1.82, 2.24) is 4.98 Å². The third-order valence-electron chi connectivity index (χ3n) is 2.62. The van der Waals surface area contributed by atoms with Crippen molar-refractivity contribution in [3.05, 3.63) is 57.9 Å². The number of aromatic nitrogens is 1. The van der Waals surface area contributed by atoms with Gasteiger partial charge in [-0.3, -0.25) is 0 Å². The van der Waals surface area contributed by atoms with Crippen molar-refractivity contribution in [2.75, 3.05) is 6.61 Å². The fourth-order valence-corrected chi connectivity index (χ4v) is 3.11. The van der Waals surface area contributed by atoms with E-state index in [2.05, 4.69) is 32.8 Å². The van der Waals surface area contributed by atoms with E-state index in [4.69, 9.17) is 5.11 Å². The lowest BCUT2D eigenvalue weighted by Crippen LogP contribution is -1.91. The highest BCUT2D eigenvalue weighted by Gasteiger charge is 2.06. The molecule has 0 saturated carbocycles. The second-order valence-electron chi connectivity index (χ2n) is 4.16. The molecule has 0 aliphatic rings. The molecule has 0 bridgehead atoms. The van der Waals surface area contributed by atoms with Crippen LogP contribution in [0.25, 0.3) is 0 Å². The van der Waals surface area contributed by atoms with Crippen LogP contribution in [-0.4, -0.2) is 16.7 Å². The SMILES string of the molecule is OCCC#Cc1cc(F)ccc1CSc1ncccc1Br. The number of benzene rings is 1. The number of aliphatic hydroxyl groups is 1. The Kier molecular flexibility index (Phi) is 6.24. The molecule has 0 aliphatic carbocycles. The summed E-state index contributed by atoms with van der Waals surface area (Å²) in [4.78, 5) is 4.29. The molecule has 1 aromatic carbocycles. The lowest BCUT2D eigenvalue weighted by molar-refractivity contribution is 0.305. The minimum atomic E-state index is -0.309. The van der Waals surface area contributed by atoms with Gasteiger partial charge < -0.3 is 5.11 Å². The lowest BCUT2D eigenvalue weighted by atomic mass is 10.1. The summed E-state index contributed by atoms with van der Waals surface area (Å²) in [6, 6.07) is 8.39. The monoisotopic (exact) mass is 365 g/mol. The smallest absolute Gasteiger partial charge is 0.124 e. The van der Waals surface area contributed by atoms with Gasteiger partial charge in [-0.25, -0.2) is 9.37 Å². The topological polar surface area (TPSA) is 33.1 Å². The van der Waals surface area contributed by atoms with Gasteiger partial charge in [-0.2, -0.15) is 0 Å². The molecule has 21 heavy (non-hydrogen) atoms. The van der Waals surface area contributed by atoms with Crippen LogP contribution in [0.2, 0.25) is 0 Å². The molecule has 0 spiro atoms. The van der Waals surface area contributed by atoms with E-state index in [0.717, 1.165) is 15.1 Å². The van der Waals surface area contributed by atoms with Gasteiger partial charge in [-0.1, -0.05) is 17.9 Å². The van der Waals surface area contributed by atoms with Crippen molar-refractivity contribution < 1.29 is 9.50 Å². The van der Waals surface area contributed by atoms with E-state index < -0.39 is 0 Å². The molecule has 108 valence electrons. The molecule has 0 amide bonds. The molecule has 0 radical (unpaired) electrons. The maximum absolute atomic E-state index is 13.3. The maximum Gasteiger partial charge on any atom is 0.124 e. The highest BCUT2D eigenvalue weighted by atomic mass is 79.9. The largest absolute Gasteiger partial charge is 0.395 e. The first-order chi connectivity index (χ1) is 10.2. The van der Waals surface area contributed by atoms with Gasteiger partial charge in [0.05, 0.1) is 6.61 Å². The van der Waals surface area contributed by atoms with Gasteiger partial charge in [-0.15, -0.1) is 11.8 Å². The summed E-state index contributed by atoms with van der Waals surface area (Å²) in [5.74, 6) is 6.08. The summed E-state index contributed by atoms with van der Waals surface area (Å²) in [6.07, 6.45) is 2.12. The first-order valence-electron chi connectivity index (χ1n) is 6.32. The first-order valence-corrected chi connectivity index (χ1v) is 8.10. The Hall–Kier alpha value is -1.35. The van der Waals surface area contributed by atoms with E-state index in [1.807, 2.05) is 12.1 Å². The second kappa shape index (κ2) is 8.18. The molecule has 5 heteroatoms. The molecule has 0 fully saturated rings. The molecular weight excluding hydrogens is 353 g/mol. The molecule has 0 unspecified atom stereocenters. The zero-order valence-electron chi connectivity index (χ0n) is 11.1. The Labute approximate surface area is 135 Å². The summed E-state index contributed by atoms with van der Waals surface area (Å²) >= 11 is 5.01. The predicted octanol–water partition coefficient (Wildman–Crippen LogP) is 4.01. The Bertz CT molecular complexity index is 681. The molecule has 2 nitrogen and oxygen atoms in total. The van der Waals surface area contributed by atoms with E-state index in [9.17, 15) is 4.39 Å². The number of aliphatic hydroxyl groups excluding tert-OH is 1. The number of halogens is 2.